The van der Waals surface area contributed by atoms with Crippen LogP contribution < -0.4 is 4.74 Å². The fourth-order valence-electron chi connectivity index (χ4n) is 1.80. The third-order valence-corrected chi connectivity index (χ3v) is 3.83. The largest absolute Gasteiger partial charge is 0.484 e. The lowest BCUT2D eigenvalue weighted by Gasteiger charge is -2.05. The molecule has 0 saturated carbocycles. The molecule has 1 aromatic carbocycles. The van der Waals surface area contributed by atoms with Gasteiger partial charge in [-0.25, -0.2) is 0 Å². The molecule has 2 aromatic heterocycles. The van der Waals surface area contributed by atoms with Gasteiger partial charge in [-0.3, -0.25) is 0 Å². The molecule has 0 radical (unpaired) electrons. The fraction of sp³-hybridized carbons (Fsp3) is 0.133. The van der Waals surface area contributed by atoms with E-state index >= 15 is 0 Å². The molecule has 0 amide bonds. The molecule has 0 N–H and O–H groups in total. The molecular weight excluding hydrogens is 336 g/mol. The summed E-state index contributed by atoms with van der Waals surface area (Å²) in [4.78, 5) is 0. The molecule has 23 heavy (non-hydrogen) atoms. The number of rotatable bonds is 6. The van der Waals surface area contributed by atoms with Crippen LogP contribution in [0, 0.1) is 0 Å². The Hall–Kier alpha value is -2.25. The Morgan fingerprint density at radius 1 is 1.35 bits per heavy atom. The summed E-state index contributed by atoms with van der Waals surface area (Å²) < 4.78 is 12.8. The SMILES string of the molecule is CSc1nncn1N=Cc1ccc(COc2ccccc2Cl)o1. The molecule has 0 aliphatic carbocycles. The molecule has 3 aromatic rings. The standard InChI is InChI=1S/C15H13ClN4O2S/c1-23-15-19-17-10-20(15)18-8-11-6-7-12(22-11)9-21-14-5-3-2-4-13(14)16/h2-8,10H,9H2,1H3. The summed E-state index contributed by atoms with van der Waals surface area (Å²) in [5.74, 6) is 1.92. The first kappa shape index (κ1) is 15.6. The van der Waals surface area contributed by atoms with Gasteiger partial charge in [0.1, 0.15) is 30.2 Å². The predicted octanol–water partition coefficient (Wildman–Crippen LogP) is 3.71. The molecule has 0 spiro atoms. The third-order valence-electron chi connectivity index (χ3n) is 2.88. The van der Waals surface area contributed by atoms with Crippen LogP contribution in [0.3, 0.4) is 0 Å². The third kappa shape index (κ3) is 3.94. The summed E-state index contributed by atoms with van der Waals surface area (Å²) in [5.41, 5.74) is 0. The Bertz CT molecular complexity index is 815. The summed E-state index contributed by atoms with van der Waals surface area (Å²) in [6, 6.07) is 11.0. The zero-order chi connectivity index (χ0) is 16.1. The van der Waals surface area contributed by atoms with E-state index in [1.807, 2.05) is 36.6 Å². The minimum atomic E-state index is 0.292. The second kappa shape index (κ2) is 7.34. The van der Waals surface area contributed by atoms with Crippen LogP contribution in [0.2, 0.25) is 5.02 Å². The molecule has 118 valence electrons. The number of nitrogens with zero attached hydrogens (tertiary/aromatic N) is 4. The number of hydrogen-bond acceptors (Lipinski definition) is 6. The Labute approximate surface area is 142 Å². The van der Waals surface area contributed by atoms with E-state index in [0.29, 0.717) is 34.1 Å². The normalized spacial score (nSPS) is 11.2. The Morgan fingerprint density at radius 2 is 2.22 bits per heavy atom. The minimum absolute atomic E-state index is 0.292. The number of aromatic nitrogens is 3. The summed E-state index contributed by atoms with van der Waals surface area (Å²) in [7, 11) is 0. The average Bonchev–Trinajstić information content (AvgIpc) is 3.21. The van der Waals surface area contributed by atoms with Gasteiger partial charge in [0, 0.05) is 0 Å². The van der Waals surface area contributed by atoms with Crippen molar-refractivity contribution in [3.63, 3.8) is 0 Å². The van der Waals surface area contributed by atoms with Crippen molar-refractivity contribution >= 4 is 29.6 Å². The lowest BCUT2D eigenvalue weighted by atomic mass is 10.3. The van der Waals surface area contributed by atoms with Gasteiger partial charge in [-0.15, -0.1) is 10.2 Å². The zero-order valence-electron chi connectivity index (χ0n) is 12.2. The molecule has 0 bridgehead atoms. The first-order valence-corrected chi connectivity index (χ1v) is 8.31. The number of para-hydroxylation sites is 1. The Kier molecular flexibility index (Phi) is 4.99. The smallest absolute Gasteiger partial charge is 0.211 e. The molecule has 3 rings (SSSR count). The van der Waals surface area contributed by atoms with E-state index in [2.05, 4.69) is 15.3 Å². The highest BCUT2D eigenvalue weighted by Crippen LogP contribution is 2.24. The van der Waals surface area contributed by atoms with Gasteiger partial charge in [-0.2, -0.15) is 9.78 Å². The van der Waals surface area contributed by atoms with Gasteiger partial charge in [0.25, 0.3) is 0 Å². The van der Waals surface area contributed by atoms with Gasteiger partial charge < -0.3 is 9.15 Å². The van der Waals surface area contributed by atoms with Crippen LogP contribution in [0.15, 0.2) is 57.4 Å². The van der Waals surface area contributed by atoms with Gasteiger partial charge in [0.15, 0.2) is 0 Å². The summed E-state index contributed by atoms with van der Waals surface area (Å²) >= 11 is 7.50. The number of benzene rings is 1. The fourth-order valence-corrected chi connectivity index (χ4v) is 2.40. The summed E-state index contributed by atoms with van der Waals surface area (Å²) in [6.45, 7) is 0.292. The van der Waals surface area contributed by atoms with E-state index in [9.17, 15) is 0 Å². The van der Waals surface area contributed by atoms with Crippen LogP contribution in [-0.2, 0) is 6.61 Å². The van der Waals surface area contributed by atoms with E-state index in [-0.39, 0.29) is 0 Å². The van der Waals surface area contributed by atoms with Crippen molar-refractivity contribution in [2.45, 2.75) is 11.8 Å². The summed E-state index contributed by atoms with van der Waals surface area (Å²) in [6.07, 6.45) is 5.04. The topological polar surface area (TPSA) is 65.4 Å². The van der Waals surface area contributed by atoms with Crippen LogP contribution >= 0.6 is 23.4 Å². The van der Waals surface area contributed by atoms with Gasteiger partial charge in [0.2, 0.25) is 5.16 Å². The van der Waals surface area contributed by atoms with Gasteiger partial charge in [0.05, 0.1) is 11.2 Å². The first-order chi connectivity index (χ1) is 11.3. The minimum Gasteiger partial charge on any atom is -0.484 e. The van der Waals surface area contributed by atoms with Crippen LogP contribution in [-0.4, -0.2) is 27.3 Å². The number of furan rings is 1. The number of ether oxygens (including phenoxy) is 1. The highest BCUT2D eigenvalue weighted by Gasteiger charge is 2.05. The maximum Gasteiger partial charge on any atom is 0.211 e. The highest BCUT2D eigenvalue weighted by atomic mass is 35.5. The highest BCUT2D eigenvalue weighted by molar-refractivity contribution is 7.98. The van der Waals surface area contributed by atoms with Crippen molar-refractivity contribution in [3.05, 3.63) is 59.3 Å². The van der Waals surface area contributed by atoms with E-state index in [1.165, 1.54) is 18.1 Å². The Balaban J connectivity index is 1.63. The van der Waals surface area contributed by atoms with Crippen LogP contribution in [0.25, 0.3) is 0 Å². The van der Waals surface area contributed by atoms with Crippen LogP contribution in [0.4, 0.5) is 0 Å². The van der Waals surface area contributed by atoms with Crippen molar-refractivity contribution in [1.82, 2.24) is 14.9 Å². The molecule has 6 nitrogen and oxygen atoms in total. The second-order valence-electron chi connectivity index (χ2n) is 4.43. The summed E-state index contributed by atoms with van der Waals surface area (Å²) in [5, 5.41) is 13.2. The van der Waals surface area contributed by atoms with Gasteiger partial charge in [-0.1, -0.05) is 35.5 Å². The molecule has 2 heterocycles. The van der Waals surface area contributed by atoms with Gasteiger partial charge in [-0.05, 0) is 30.5 Å². The molecule has 0 fully saturated rings. The number of thioether (sulfide) groups is 1. The molecular formula is C15H13ClN4O2S. The molecule has 0 atom stereocenters. The number of hydrogen-bond donors (Lipinski definition) is 0. The van der Waals surface area contributed by atoms with Crippen molar-refractivity contribution in [1.29, 1.82) is 0 Å². The van der Waals surface area contributed by atoms with E-state index in [1.54, 1.807) is 17.0 Å². The zero-order valence-corrected chi connectivity index (χ0v) is 13.8. The van der Waals surface area contributed by atoms with Crippen molar-refractivity contribution in [2.75, 3.05) is 6.26 Å². The van der Waals surface area contributed by atoms with E-state index in [0.717, 1.165) is 0 Å². The predicted molar refractivity (Wildman–Crippen MR) is 89.3 cm³/mol. The van der Waals surface area contributed by atoms with E-state index < -0.39 is 0 Å². The number of halogens is 1. The van der Waals surface area contributed by atoms with Crippen molar-refractivity contribution in [3.8, 4) is 5.75 Å². The maximum atomic E-state index is 6.04. The van der Waals surface area contributed by atoms with Gasteiger partial charge >= 0.3 is 0 Å². The van der Waals surface area contributed by atoms with Crippen molar-refractivity contribution in [2.24, 2.45) is 5.10 Å². The first-order valence-electron chi connectivity index (χ1n) is 6.70. The molecule has 0 aliphatic heterocycles. The van der Waals surface area contributed by atoms with Crippen LogP contribution in [0.5, 0.6) is 5.75 Å². The molecule has 8 heteroatoms. The quantitative estimate of drug-likeness (QED) is 0.502. The lowest BCUT2D eigenvalue weighted by molar-refractivity contribution is 0.270. The maximum absolute atomic E-state index is 6.04. The second-order valence-corrected chi connectivity index (χ2v) is 5.61. The van der Waals surface area contributed by atoms with Crippen LogP contribution in [0.1, 0.15) is 11.5 Å². The molecule has 0 saturated heterocycles. The van der Waals surface area contributed by atoms with Crippen molar-refractivity contribution < 1.29 is 9.15 Å². The molecule has 0 unspecified atom stereocenters. The molecule has 0 aliphatic rings. The monoisotopic (exact) mass is 348 g/mol. The lowest BCUT2D eigenvalue weighted by Crippen LogP contribution is -1.94. The van der Waals surface area contributed by atoms with E-state index in [4.69, 9.17) is 20.8 Å². The Morgan fingerprint density at radius 3 is 3.04 bits per heavy atom. The average molecular weight is 349 g/mol.